The molecular formula is C13H17NO3. The summed E-state index contributed by atoms with van der Waals surface area (Å²) < 4.78 is 10.4. The van der Waals surface area contributed by atoms with Gasteiger partial charge in [-0.1, -0.05) is 30.3 Å². The van der Waals surface area contributed by atoms with Crippen molar-refractivity contribution in [3.63, 3.8) is 0 Å². The fraction of sp³-hybridized carbons (Fsp3) is 0.462. The van der Waals surface area contributed by atoms with Crippen LogP contribution in [0.2, 0.25) is 0 Å². The van der Waals surface area contributed by atoms with E-state index in [1.54, 1.807) is 0 Å². The average Bonchev–Trinajstić information content (AvgIpc) is 2.82. The first kappa shape index (κ1) is 12.1. The molecule has 92 valence electrons. The minimum absolute atomic E-state index is 0.0922. The fourth-order valence-electron chi connectivity index (χ4n) is 1.84. The van der Waals surface area contributed by atoms with Crippen LogP contribution in [0.3, 0.4) is 0 Å². The highest BCUT2D eigenvalue weighted by Gasteiger charge is 2.21. The molecular weight excluding hydrogens is 218 g/mol. The standard InChI is InChI=1S/C13H17NO3/c14-12(10-4-2-1-3-5-10)8-13(15)17-11-6-7-16-9-11/h1-5,11-12H,6-9,14H2. The van der Waals surface area contributed by atoms with Crippen molar-refractivity contribution in [3.8, 4) is 0 Å². The van der Waals surface area contributed by atoms with E-state index in [2.05, 4.69) is 0 Å². The maximum atomic E-state index is 11.6. The number of carbonyl (C=O) groups is 1. The van der Waals surface area contributed by atoms with Crippen molar-refractivity contribution in [2.24, 2.45) is 5.73 Å². The summed E-state index contributed by atoms with van der Waals surface area (Å²) in [5.41, 5.74) is 6.89. The lowest BCUT2D eigenvalue weighted by atomic mass is 10.1. The highest BCUT2D eigenvalue weighted by atomic mass is 16.6. The molecule has 1 aliphatic heterocycles. The maximum absolute atomic E-state index is 11.6. The van der Waals surface area contributed by atoms with Gasteiger partial charge in [0.05, 0.1) is 19.6 Å². The van der Waals surface area contributed by atoms with Gasteiger partial charge in [0.2, 0.25) is 0 Å². The smallest absolute Gasteiger partial charge is 0.308 e. The summed E-state index contributed by atoms with van der Waals surface area (Å²) >= 11 is 0. The summed E-state index contributed by atoms with van der Waals surface area (Å²) in [5.74, 6) is -0.253. The van der Waals surface area contributed by atoms with Crippen molar-refractivity contribution < 1.29 is 14.3 Å². The van der Waals surface area contributed by atoms with Crippen molar-refractivity contribution in [2.45, 2.75) is 25.0 Å². The van der Waals surface area contributed by atoms with Crippen molar-refractivity contribution in [1.29, 1.82) is 0 Å². The summed E-state index contributed by atoms with van der Waals surface area (Å²) in [6.45, 7) is 1.18. The van der Waals surface area contributed by atoms with Gasteiger partial charge in [0.15, 0.2) is 0 Å². The Bertz CT molecular complexity index is 360. The van der Waals surface area contributed by atoms with E-state index in [1.165, 1.54) is 0 Å². The van der Waals surface area contributed by atoms with Gasteiger partial charge in [-0.25, -0.2) is 0 Å². The lowest BCUT2D eigenvalue weighted by molar-refractivity contribution is -0.149. The van der Waals surface area contributed by atoms with E-state index in [0.717, 1.165) is 12.0 Å². The highest BCUT2D eigenvalue weighted by Crippen LogP contribution is 2.16. The number of benzene rings is 1. The Morgan fingerprint density at radius 1 is 1.47 bits per heavy atom. The molecule has 1 fully saturated rings. The van der Waals surface area contributed by atoms with E-state index >= 15 is 0 Å². The second kappa shape index (κ2) is 5.80. The number of hydrogen-bond acceptors (Lipinski definition) is 4. The normalized spacial score (nSPS) is 21.1. The number of ether oxygens (including phenoxy) is 2. The monoisotopic (exact) mass is 235 g/mol. The van der Waals surface area contributed by atoms with E-state index in [1.807, 2.05) is 30.3 Å². The average molecular weight is 235 g/mol. The highest BCUT2D eigenvalue weighted by molar-refractivity contribution is 5.70. The zero-order valence-corrected chi connectivity index (χ0v) is 9.67. The molecule has 2 rings (SSSR count). The van der Waals surface area contributed by atoms with E-state index in [0.29, 0.717) is 13.2 Å². The molecule has 0 saturated carbocycles. The number of rotatable bonds is 4. The minimum atomic E-state index is -0.300. The molecule has 1 aliphatic rings. The molecule has 0 amide bonds. The zero-order chi connectivity index (χ0) is 12.1. The third kappa shape index (κ3) is 3.54. The molecule has 4 nitrogen and oxygen atoms in total. The maximum Gasteiger partial charge on any atom is 0.308 e. The third-order valence-corrected chi connectivity index (χ3v) is 2.80. The van der Waals surface area contributed by atoms with Crippen LogP contribution < -0.4 is 5.73 Å². The molecule has 0 aliphatic carbocycles. The molecule has 1 saturated heterocycles. The summed E-state index contributed by atoms with van der Waals surface area (Å²) in [6, 6.07) is 9.26. The van der Waals surface area contributed by atoms with Crippen LogP contribution in [0.5, 0.6) is 0 Å². The van der Waals surface area contributed by atoms with E-state index in [9.17, 15) is 4.79 Å². The molecule has 1 heterocycles. The number of carbonyl (C=O) groups excluding carboxylic acids is 1. The van der Waals surface area contributed by atoms with Gasteiger partial charge in [0.1, 0.15) is 6.10 Å². The zero-order valence-electron chi connectivity index (χ0n) is 9.67. The van der Waals surface area contributed by atoms with Crippen LogP contribution in [0.1, 0.15) is 24.4 Å². The molecule has 2 atom stereocenters. The molecule has 0 radical (unpaired) electrons. The molecule has 4 heteroatoms. The largest absolute Gasteiger partial charge is 0.460 e. The number of nitrogens with two attached hydrogens (primary N) is 1. The fourth-order valence-corrected chi connectivity index (χ4v) is 1.84. The Morgan fingerprint density at radius 3 is 2.88 bits per heavy atom. The van der Waals surface area contributed by atoms with Crippen molar-refractivity contribution in [1.82, 2.24) is 0 Å². The lowest BCUT2D eigenvalue weighted by Crippen LogP contribution is -2.22. The topological polar surface area (TPSA) is 61.6 Å². The van der Waals surface area contributed by atoms with Gasteiger partial charge in [-0.15, -0.1) is 0 Å². The predicted octanol–water partition coefficient (Wildman–Crippen LogP) is 1.41. The molecule has 1 aromatic carbocycles. The Labute approximate surface area is 101 Å². The van der Waals surface area contributed by atoms with Gasteiger partial charge in [0, 0.05) is 12.5 Å². The molecule has 0 bridgehead atoms. The molecule has 0 aromatic heterocycles. The quantitative estimate of drug-likeness (QED) is 0.801. The van der Waals surface area contributed by atoms with E-state index < -0.39 is 0 Å². The van der Waals surface area contributed by atoms with Crippen LogP contribution in [0.4, 0.5) is 0 Å². The molecule has 0 spiro atoms. The molecule has 2 N–H and O–H groups in total. The predicted molar refractivity (Wildman–Crippen MR) is 63.3 cm³/mol. The van der Waals surface area contributed by atoms with Crippen LogP contribution in [0.25, 0.3) is 0 Å². The first-order valence-electron chi connectivity index (χ1n) is 5.83. The Kier molecular flexibility index (Phi) is 4.12. The molecule has 2 unspecified atom stereocenters. The van der Waals surface area contributed by atoms with Crippen LogP contribution >= 0.6 is 0 Å². The van der Waals surface area contributed by atoms with Gasteiger partial charge in [0.25, 0.3) is 0 Å². The van der Waals surface area contributed by atoms with Crippen LogP contribution in [-0.4, -0.2) is 25.3 Å². The summed E-state index contributed by atoms with van der Waals surface area (Å²) in [7, 11) is 0. The second-order valence-corrected chi connectivity index (χ2v) is 4.20. The summed E-state index contributed by atoms with van der Waals surface area (Å²) in [5, 5.41) is 0. The molecule has 1 aromatic rings. The summed E-state index contributed by atoms with van der Waals surface area (Å²) in [6.07, 6.45) is 0.901. The SMILES string of the molecule is NC(CC(=O)OC1CCOC1)c1ccccc1. The minimum Gasteiger partial charge on any atom is -0.460 e. The summed E-state index contributed by atoms with van der Waals surface area (Å²) in [4.78, 5) is 11.6. The number of hydrogen-bond donors (Lipinski definition) is 1. The van der Waals surface area contributed by atoms with Gasteiger partial charge >= 0.3 is 5.97 Å². The second-order valence-electron chi connectivity index (χ2n) is 4.20. The Hall–Kier alpha value is -1.39. The van der Waals surface area contributed by atoms with Crippen LogP contribution in [0, 0.1) is 0 Å². The third-order valence-electron chi connectivity index (χ3n) is 2.80. The first-order valence-corrected chi connectivity index (χ1v) is 5.83. The van der Waals surface area contributed by atoms with Crippen molar-refractivity contribution in [2.75, 3.05) is 13.2 Å². The lowest BCUT2D eigenvalue weighted by Gasteiger charge is -2.14. The van der Waals surface area contributed by atoms with Crippen molar-refractivity contribution >= 4 is 5.97 Å². The van der Waals surface area contributed by atoms with E-state index in [-0.39, 0.29) is 24.5 Å². The molecule has 17 heavy (non-hydrogen) atoms. The van der Waals surface area contributed by atoms with Gasteiger partial charge < -0.3 is 15.2 Å². The van der Waals surface area contributed by atoms with E-state index in [4.69, 9.17) is 15.2 Å². The van der Waals surface area contributed by atoms with Gasteiger partial charge in [-0.05, 0) is 5.56 Å². The van der Waals surface area contributed by atoms with Gasteiger partial charge in [-0.2, -0.15) is 0 Å². The Morgan fingerprint density at radius 2 is 2.24 bits per heavy atom. The van der Waals surface area contributed by atoms with Crippen LogP contribution in [-0.2, 0) is 14.3 Å². The Balaban J connectivity index is 1.81. The van der Waals surface area contributed by atoms with Gasteiger partial charge in [-0.3, -0.25) is 4.79 Å². The first-order chi connectivity index (χ1) is 8.25. The van der Waals surface area contributed by atoms with Crippen molar-refractivity contribution in [3.05, 3.63) is 35.9 Å². The number of esters is 1. The van der Waals surface area contributed by atoms with Crippen LogP contribution in [0.15, 0.2) is 30.3 Å².